The van der Waals surface area contributed by atoms with Crippen LogP contribution in [0.1, 0.15) is 18.9 Å². The van der Waals surface area contributed by atoms with Crippen LogP contribution >= 0.6 is 11.8 Å². The Morgan fingerprint density at radius 3 is 2.50 bits per heavy atom. The Kier molecular flexibility index (Phi) is 3.26. The Labute approximate surface area is 98.2 Å². The van der Waals surface area contributed by atoms with Gasteiger partial charge in [0.1, 0.15) is 0 Å². The summed E-state index contributed by atoms with van der Waals surface area (Å²) in [6.07, 6.45) is 2.04. The van der Waals surface area contributed by atoms with Gasteiger partial charge in [0.25, 0.3) is 0 Å². The van der Waals surface area contributed by atoms with E-state index in [1.54, 1.807) is 11.8 Å². The van der Waals surface area contributed by atoms with Gasteiger partial charge in [0.15, 0.2) is 0 Å². The van der Waals surface area contributed by atoms with Gasteiger partial charge in [-0.25, -0.2) is 0 Å². The maximum atomic E-state index is 5.65. The van der Waals surface area contributed by atoms with Crippen LogP contribution in [0.3, 0.4) is 0 Å². The minimum absolute atomic E-state index is 0.230. The number of benzene rings is 1. The molecule has 2 aromatic rings. The molecule has 2 rings (SSSR count). The van der Waals surface area contributed by atoms with Crippen molar-refractivity contribution in [1.29, 1.82) is 0 Å². The first-order chi connectivity index (χ1) is 7.70. The van der Waals surface area contributed by atoms with Crippen molar-refractivity contribution < 1.29 is 4.52 Å². The summed E-state index contributed by atoms with van der Waals surface area (Å²) in [4.78, 5) is 5.43. The first-order valence-electron chi connectivity index (χ1n) is 4.94. The fourth-order valence-corrected chi connectivity index (χ4v) is 1.69. The molecule has 4 nitrogen and oxygen atoms in total. The van der Waals surface area contributed by atoms with E-state index < -0.39 is 0 Å². The average molecular weight is 235 g/mol. The molecule has 0 radical (unpaired) electrons. The summed E-state index contributed by atoms with van der Waals surface area (Å²) in [5.74, 6) is 1.05. The predicted octanol–water partition coefficient (Wildman–Crippen LogP) is 2.48. The molecule has 1 heterocycles. The summed E-state index contributed by atoms with van der Waals surface area (Å²) in [6.45, 7) is 1.81. The summed E-state index contributed by atoms with van der Waals surface area (Å²) < 4.78 is 5.05. The van der Waals surface area contributed by atoms with Crippen molar-refractivity contribution in [1.82, 2.24) is 10.1 Å². The smallest absolute Gasteiger partial charge is 0.243 e. The zero-order chi connectivity index (χ0) is 11.5. The number of thioether (sulfide) groups is 1. The van der Waals surface area contributed by atoms with E-state index in [0.29, 0.717) is 11.7 Å². The first-order valence-corrected chi connectivity index (χ1v) is 6.17. The van der Waals surface area contributed by atoms with Gasteiger partial charge in [-0.3, -0.25) is 0 Å². The van der Waals surface area contributed by atoms with Crippen LogP contribution in [0.5, 0.6) is 0 Å². The summed E-state index contributed by atoms with van der Waals surface area (Å²) >= 11 is 1.70. The van der Waals surface area contributed by atoms with E-state index in [1.165, 1.54) is 4.90 Å². The molecular weight excluding hydrogens is 222 g/mol. The van der Waals surface area contributed by atoms with Crippen LogP contribution < -0.4 is 5.73 Å². The van der Waals surface area contributed by atoms with Crippen LogP contribution in [0.15, 0.2) is 33.7 Å². The van der Waals surface area contributed by atoms with Gasteiger partial charge in [-0.2, -0.15) is 4.98 Å². The fourth-order valence-electron chi connectivity index (χ4n) is 1.28. The normalized spacial score (nSPS) is 12.7. The molecule has 2 N–H and O–H groups in total. The van der Waals surface area contributed by atoms with Crippen LogP contribution in [0.25, 0.3) is 11.4 Å². The van der Waals surface area contributed by atoms with Crippen molar-refractivity contribution in [3.8, 4) is 11.4 Å². The van der Waals surface area contributed by atoms with E-state index in [4.69, 9.17) is 10.3 Å². The highest BCUT2D eigenvalue weighted by Gasteiger charge is 2.11. The summed E-state index contributed by atoms with van der Waals surface area (Å²) in [6, 6.07) is 7.78. The first kappa shape index (κ1) is 11.2. The third-order valence-electron chi connectivity index (χ3n) is 2.18. The maximum Gasteiger partial charge on any atom is 0.243 e. The van der Waals surface area contributed by atoms with E-state index >= 15 is 0 Å². The molecule has 0 saturated carbocycles. The van der Waals surface area contributed by atoms with E-state index in [0.717, 1.165) is 5.56 Å². The van der Waals surface area contributed by atoms with Gasteiger partial charge in [-0.1, -0.05) is 5.16 Å². The second-order valence-corrected chi connectivity index (χ2v) is 4.35. The van der Waals surface area contributed by atoms with E-state index in [-0.39, 0.29) is 6.04 Å². The Hall–Kier alpha value is -1.33. The Bertz CT molecular complexity index is 464. The molecule has 0 aliphatic rings. The second kappa shape index (κ2) is 4.67. The number of nitrogens with two attached hydrogens (primary N) is 1. The number of hydrogen-bond donors (Lipinski definition) is 1. The molecule has 0 fully saturated rings. The van der Waals surface area contributed by atoms with Gasteiger partial charge in [-0.15, -0.1) is 11.8 Å². The fraction of sp³-hybridized carbons (Fsp3) is 0.273. The highest BCUT2D eigenvalue weighted by molar-refractivity contribution is 7.98. The van der Waals surface area contributed by atoms with E-state index in [1.807, 2.05) is 37.4 Å². The Morgan fingerprint density at radius 1 is 1.31 bits per heavy atom. The highest BCUT2D eigenvalue weighted by Crippen LogP contribution is 2.21. The lowest BCUT2D eigenvalue weighted by molar-refractivity contribution is 0.362. The predicted molar refractivity (Wildman–Crippen MR) is 64.1 cm³/mol. The van der Waals surface area contributed by atoms with Crippen molar-refractivity contribution in [2.24, 2.45) is 5.73 Å². The monoisotopic (exact) mass is 235 g/mol. The van der Waals surface area contributed by atoms with Gasteiger partial charge in [0.2, 0.25) is 11.7 Å². The SMILES string of the molecule is CSc1ccc(-c2noc([C@@H](C)N)n2)cc1. The zero-order valence-corrected chi connectivity index (χ0v) is 9.99. The lowest BCUT2D eigenvalue weighted by Crippen LogP contribution is -2.04. The van der Waals surface area contributed by atoms with Gasteiger partial charge >= 0.3 is 0 Å². The quantitative estimate of drug-likeness (QED) is 0.828. The highest BCUT2D eigenvalue weighted by atomic mass is 32.2. The minimum Gasteiger partial charge on any atom is -0.337 e. The van der Waals surface area contributed by atoms with Crippen LogP contribution in [-0.4, -0.2) is 16.4 Å². The molecule has 0 saturated heterocycles. The van der Waals surface area contributed by atoms with Crippen LogP contribution in [0, 0.1) is 0 Å². The summed E-state index contributed by atoms with van der Waals surface area (Å²) in [5, 5.41) is 3.89. The molecule has 0 aliphatic heterocycles. The summed E-state index contributed by atoms with van der Waals surface area (Å²) in [5.41, 5.74) is 6.59. The third kappa shape index (κ3) is 2.25. The molecule has 16 heavy (non-hydrogen) atoms. The van der Waals surface area contributed by atoms with Gasteiger partial charge in [0, 0.05) is 10.5 Å². The van der Waals surface area contributed by atoms with Crippen LogP contribution in [0.4, 0.5) is 0 Å². The molecular formula is C11H13N3OS. The van der Waals surface area contributed by atoms with Crippen molar-refractivity contribution in [3.63, 3.8) is 0 Å². The summed E-state index contributed by atoms with van der Waals surface area (Å²) in [7, 11) is 0. The molecule has 0 unspecified atom stereocenters. The van der Waals surface area contributed by atoms with Gasteiger partial charge < -0.3 is 10.3 Å². The third-order valence-corrected chi connectivity index (χ3v) is 2.92. The van der Waals surface area contributed by atoms with E-state index in [9.17, 15) is 0 Å². The van der Waals surface area contributed by atoms with Crippen LogP contribution in [-0.2, 0) is 0 Å². The lowest BCUT2D eigenvalue weighted by atomic mass is 10.2. The molecule has 1 aromatic heterocycles. The van der Waals surface area contributed by atoms with Crippen molar-refractivity contribution in [3.05, 3.63) is 30.2 Å². The zero-order valence-electron chi connectivity index (χ0n) is 9.18. The topological polar surface area (TPSA) is 64.9 Å². The van der Waals surface area contributed by atoms with Crippen molar-refractivity contribution in [2.75, 3.05) is 6.26 Å². The molecule has 0 amide bonds. The second-order valence-electron chi connectivity index (χ2n) is 3.47. The van der Waals surface area contributed by atoms with Crippen LogP contribution in [0.2, 0.25) is 0 Å². The van der Waals surface area contributed by atoms with E-state index in [2.05, 4.69) is 10.1 Å². The molecule has 84 valence electrons. The molecule has 0 aliphatic carbocycles. The Balaban J connectivity index is 2.28. The molecule has 0 spiro atoms. The minimum atomic E-state index is -0.230. The number of nitrogens with zero attached hydrogens (tertiary/aromatic N) is 2. The number of hydrogen-bond acceptors (Lipinski definition) is 5. The van der Waals surface area contributed by atoms with Crippen molar-refractivity contribution >= 4 is 11.8 Å². The maximum absolute atomic E-state index is 5.65. The Morgan fingerprint density at radius 2 is 2.00 bits per heavy atom. The lowest BCUT2D eigenvalue weighted by Gasteiger charge is -1.97. The largest absolute Gasteiger partial charge is 0.337 e. The molecule has 1 aromatic carbocycles. The molecule has 0 bridgehead atoms. The number of rotatable bonds is 3. The van der Waals surface area contributed by atoms with Gasteiger partial charge in [-0.05, 0) is 37.4 Å². The average Bonchev–Trinajstić information content (AvgIpc) is 2.78. The number of aromatic nitrogens is 2. The molecule has 5 heteroatoms. The van der Waals surface area contributed by atoms with Crippen molar-refractivity contribution in [2.45, 2.75) is 17.9 Å². The van der Waals surface area contributed by atoms with Gasteiger partial charge in [0.05, 0.1) is 6.04 Å². The standard InChI is InChI=1S/C11H13N3OS/c1-7(12)11-13-10(14-15-11)8-3-5-9(16-2)6-4-8/h3-7H,12H2,1-2H3/t7-/m1/s1. The molecule has 1 atom stereocenters.